The molecule has 10 heteroatoms. The van der Waals surface area contributed by atoms with Crippen molar-refractivity contribution in [3.05, 3.63) is 59.9 Å². The van der Waals surface area contributed by atoms with E-state index < -0.39 is 17.5 Å². The maximum atomic E-state index is 16.8. The van der Waals surface area contributed by atoms with Crippen molar-refractivity contribution in [1.29, 1.82) is 5.26 Å². The molecule has 8 nitrogen and oxygen atoms in total. The number of nitrogens with zero attached hydrogens (tertiary/aromatic N) is 6. The van der Waals surface area contributed by atoms with E-state index in [4.69, 9.17) is 9.72 Å². The predicted molar refractivity (Wildman–Crippen MR) is 166 cm³/mol. The summed E-state index contributed by atoms with van der Waals surface area (Å²) in [5, 5.41) is 10.1. The molecular formula is C35H36F2N6O2. The van der Waals surface area contributed by atoms with Gasteiger partial charge in [-0.3, -0.25) is 9.69 Å². The van der Waals surface area contributed by atoms with Gasteiger partial charge in [0.2, 0.25) is 5.91 Å². The quantitative estimate of drug-likeness (QED) is 0.342. The van der Waals surface area contributed by atoms with Crippen LogP contribution in [-0.2, 0) is 11.2 Å². The number of anilines is 1. The van der Waals surface area contributed by atoms with Gasteiger partial charge in [-0.25, -0.2) is 8.78 Å². The third-order valence-electron chi connectivity index (χ3n) is 10.8. The van der Waals surface area contributed by atoms with Crippen molar-refractivity contribution in [2.24, 2.45) is 5.92 Å². The lowest BCUT2D eigenvalue weighted by Gasteiger charge is -2.41. The van der Waals surface area contributed by atoms with Crippen LogP contribution < -0.4 is 9.64 Å². The fourth-order valence-corrected chi connectivity index (χ4v) is 8.60. The van der Waals surface area contributed by atoms with Crippen molar-refractivity contribution < 1.29 is 18.3 Å². The third kappa shape index (κ3) is 4.66. The first-order valence-corrected chi connectivity index (χ1v) is 16.1. The molecule has 1 saturated carbocycles. The normalized spacial score (nSPS) is 28.5. The molecule has 2 aliphatic carbocycles. The van der Waals surface area contributed by atoms with E-state index in [-0.39, 0.29) is 36.5 Å². The number of benzene rings is 2. The van der Waals surface area contributed by atoms with Gasteiger partial charge in [0, 0.05) is 43.5 Å². The zero-order valence-corrected chi connectivity index (χ0v) is 25.2. The average molecular weight is 611 g/mol. The topological polar surface area (TPSA) is 85.6 Å². The van der Waals surface area contributed by atoms with Crippen molar-refractivity contribution >= 4 is 22.6 Å². The van der Waals surface area contributed by atoms with Gasteiger partial charge in [-0.1, -0.05) is 30.8 Å². The lowest BCUT2D eigenvalue weighted by Crippen LogP contribution is -2.55. The second-order valence-electron chi connectivity index (χ2n) is 13.4. The minimum absolute atomic E-state index is 0.0547. The first kappa shape index (κ1) is 28.4. The Hall–Kier alpha value is -4.10. The van der Waals surface area contributed by atoms with E-state index in [1.54, 1.807) is 4.90 Å². The highest BCUT2D eigenvalue weighted by molar-refractivity contribution is 5.94. The van der Waals surface area contributed by atoms with Gasteiger partial charge in [-0.2, -0.15) is 15.2 Å². The Morgan fingerprint density at radius 3 is 2.91 bits per heavy atom. The predicted octanol–water partition coefficient (Wildman–Crippen LogP) is 5.17. The Morgan fingerprint density at radius 1 is 1.18 bits per heavy atom. The Labute approximate surface area is 261 Å². The Balaban J connectivity index is 1.20. The van der Waals surface area contributed by atoms with Crippen LogP contribution >= 0.6 is 0 Å². The number of alkyl halides is 1. The SMILES string of the molecule is C=CC(=O)N1CCN(c2nc(OC[C@@]34CCCN3C[C@H](F)C4)nc3c(F)c(-c4cccc5c4C4CC4C5)ccc23)C[C@@H]1CC#N. The van der Waals surface area contributed by atoms with Gasteiger partial charge in [0.1, 0.15) is 24.1 Å². The zero-order valence-electron chi connectivity index (χ0n) is 25.2. The number of fused-ring (bicyclic) bond motifs is 5. The summed E-state index contributed by atoms with van der Waals surface area (Å²) in [4.78, 5) is 27.9. The smallest absolute Gasteiger partial charge is 0.319 e. The molecule has 232 valence electrons. The number of aromatic nitrogens is 2. The molecule has 3 saturated heterocycles. The molecule has 8 rings (SSSR count). The van der Waals surface area contributed by atoms with Crippen LogP contribution in [0, 0.1) is 23.1 Å². The van der Waals surface area contributed by atoms with Gasteiger partial charge >= 0.3 is 6.01 Å². The number of halogens is 2. The first-order chi connectivity index (χ1) is 21.9. The second-order valence-corrected chi connectivity index (χ2v) is 13.4. The van der Waals surface area contributed by atoms with Gasteiger partial charge in [-0.05, 0) is 72.9 Å². The summed E-state index contributed by atoms with van der Waals surface area (Å²) in [6, 6.07) is 11.8. The summed E-state index contributed by atoms with van der Waals surface area (Å²) >= 11 is 0. The molecule has 0 bridgehead atoms. The molecule has 4 fully saturated rings. The number of hydrogen-bond acceptors (Lipinski definition) is 7. The molecule has 0 spiro atoms. The van der Waals surface area contributed by atoms with Crippen molar-refractivity contribution in [2.45, 2.75) is 62.2 Å². The first-order valence-electron chi connectivity index (χ1n) is 16.1. The number of nitriles is 1. The molecular weight excluding hydrogens is 574 g/mol. The molecule has 0 radical (unpaired) electrons. The summed E-state index contributed by atoms with van der Waals surface area (Å²) in [5.74, 6) is 1.03. The number of hydrogen-bond donors (Lipinski definition) is 0. The van der Waals surface area contributed by atoms with Crippen molar-refractivity contribution in [1.82, 2.24) is 19.8 Å². The highest BCUT2D eigenvalue weighted by Crippen LogP contribution is 2.59. The van der Waals surface area contributed by atoms with Crippen LogP contribution in [0.3, 0.4) is 0 Å². The molecule has 5 atom stereocenters. The zero-order chi connectivity index (χ0) is 30.9. The standard InChI is InChI=1S/C35H36F2N6O2/c1-2-29(44)43-14-13-41(19-24(43)9-11-38)33-27-8-7-26(25-6-3-5-21-15-22-16-28(22)30(21)25)31(37)32(27)39-34(40-33)45-20-35-10-4-12-42(35)18-23(36)17-35/h2-3,5-8,22-24,28H,1,4,9-10,12-20H2/t22?,23-,24+,28?,35+/m1/s1. The summed E-state index contributed by atoms with van der Waals surface area (Å²) in [6.07, 6.45) is 4.95. The molecule has 5 aliphatic rings. The fraction of sp³-hybridized carbons (Fsp3) is 0.486. The van der Waals surface area contributed by atoms with Crippen molar-refractivity contribution in [3.8, 4) is 23.2 Å². The number of carbonyl (C=O) groups is 1. The molecule has 2 aromatic carbocycles. The fourth-order valence-electron chi connectivity index (χ4n) is 8.60. The van der Waals surface area contributed by atoms with Crippen LogP contribution in [0.4, 0.5) is 14.6 Å². The second kappa shape index (κ2) is 10.8. The van der Waals surface area contributed by atoms with Gasteiger partial charge < -0.3 is 14.5 Å². The molecule has 1 amide bonds. The number of carbonyl (C=O) groups excluding carboxylic acids is 1. The molecule has 3 aromatic rings. The molecule has 1 aromatic heterocycles. The van der Waals surface area contributed by atoms with Crippen LogP contribution in [0.1, 0.15) is 49.1 Å². The van der Waals surface area contributed by atoms with Gasteiger partial charge in [-0.15, -0.1) is 0 Å². The van der Waals surface area contributed by atoms with Crippen molar-refractivity contribution in [3.63, 3.8) is 0 Å². The van der Waals surface area contributed by atoms with Gasteiger partial charge in [0.25, 0.3) is 0 Å². The largest absolute Gasteiger partial charge is 0.461 e. The summed E-state index contributed by atoms with van der Waals surface area (Å²) < 4.78 is 37.5. The molecule has 4 heterocycles. The summed E-state index contributed by atoms with van der Waals surface area (Å²) in [5.41, 5.74) is 3.77. The van der Waals surface area contributed by atoms with Crippen LogP contribution in [0.25, 0.3) is 22.0 Å². The maximum absolute atomic E-state index is 16.8. The Morgan fingerprint density at radius 2 is 2.07 bits per heavy atom. The number of rotatable bonds is 7. The lowest BCUT2D eigenvalue weighted by atomic mass is 9.93. The maximum Gasteiger partial charge on any atom is 0.319 e. The summed E-state index contributed by atoms with van der Waals surface area (Å²) in [6.45, 7) is 6.24. The van der Waals surface area contributed by atoms with Crippen LogP contribution in [0.2, 0.25) is 0 Å². The molecule has 2 unspecified atom stereocenters. The van der Waals surface area contributed by atoms with E-state index in [9.17, 15) is 14.4 Å². The van der Waals surface area contributed by atoms with Crippen molar-refractivity contribution in [2.75, 3.05) is 44.2 Å². The van der Waals surface area contributed by atoms with E-state index in [1.165, 1.54) is 17.2 Å². The monoisotopic (exact) mass is 610 g/mol. The highest BCUT2D eigenvalue weighted by Gasteiger charge is 2.50. The minimum Gasteiger partial charge on any atom is -0.461 e. The number of ether oxygens (including phenoxy) is 1. The Bertz CT molecular complexity index is 1760. The van der Waals surface area contributed by atoms with Crippen LogP contribution in [0.15, 0.2) is 43.0 Å². The molecule has 0 N–H and O–H groups in total. The van der Waals surface area contributed by atoms with E-state index in [0.29, 0.717) is 61.2 Å². The highest BCUT2D eigenvalue weighted by atomic mass is 19.1. The van der Waals surface area contributed by atoms with E-state index in [0.717, 1.165) is 37.8 Å². The van der Waals surface area contributed by atoms with Gasteiger partial charge in [0.15, 0.2) is 5.82 Å². The third-order valence-corrected chi connectivity index (χ3v) is 10.8. The lowest BCUT2D eigenvalue weighted by molar-refractivity contribution is -0.128. The molecule has 45 heavy (non-hydrogen) atoms. The average Bonchev–Trinajstić information content (AvgIpc) is 3.37. The minimum atomic E-state index is -0.896. The van der Waals surface area contributed by atoms with E-state index in [2.05, 4.69) is 28.6 Å². The van der Waals surface area contributed by atoms with E-state index >= 15 is 4.39 Å². The number of piperazine rings is 1. The van der Waals surface area contributed by atoms with Crippen LogP contribution in [-0.4, -0.2) is 82.8 Å². The Kier molecular flexibility index (Phi) is 6.79. The van der Waals surface area contributed by atoms with Crippen LogP contribution in [0.5, 0.6) is 6.01 Å². The number of amides is 1. The molecule has 3 aliphatic heterocycles. The van der Waals surface area contributed by atoms with E-state index in [1.807, 2.05) is 29.2 Å². The van der Waals surface area contributed by atoms with Gasteiger partial charge in [0.05, 0.1) is 24.1 Å². The summed E-state index contributed by atoms with van der Waals surface area (Å²) in [7, 11) is 0.